The number of rotatable bonds is 4. The van der Waals surface area contributed by atoms with E-state index in [9.17, 15) is 4.79 Å². The lowest BCUT2D eigenvalue weighted by Crippen LogP contribution is -2.74. The number of carbonyl (C=O) groups is 1. The predicted molar refractivity (Wildman–Crippen MR) is 108 cm³/mol. The molecule has 3 aromatic carbocycles. The first-order valence-corrected chi connectivity index (χ1v) is 10.7. The van der Waals surface area contributed by atoms with Crippen molar-refractivity contribution in [2.24, 2.45) is 5.41 Å². The average Bonchev–Trinajstić information content (AvgIpc) is 2.64. The summed E-state index contributed by atoms with van der Waals surface area (Å²) in [6.45, 7) is 6.10. The first-order valence-electron chi connectivity index (χ1n) is 8.69. The molecule has 0 atom stereocenters. The van der Waals surface area contributed by atoms with Gasteiger partial charge in [-0.15, -0.1) is 0 Å². The summed E-state index contributed by atoms with van der Waals surface area (Å²) in [6.07, 6.45) is 0. The van der Waals surface area contributed by atoms with Crippen LogP contribution in [-0.2, 0) is 4.79 Å². The van der Waals surface area contributed by atoms with Crippen LogP contribution in [0.5, 0.6) is 0 Å². The van der Waals surface area contributed by atoms with Gasteiger partial charge < -0.3 is 4.79 Å². The number of benzene rings is 3. The van der Waals surface area contributed by atoms with Crippen molar-refractivity contribution in [1.29, 1.82) is 0 Å². The van der Waals surface area contributed by atoms with Crippen molar-refractivity contribution in [1.82, 2.24) is 0 Å². The highest BCUT2D eigenvalue weighted by atomic mass is 28.3. The monoisotopic (exact) mass is 344 g/mol. The van der Waals surface area contributed by atoms with E-state index in [0.717, 1.165) is 15.6 Å². The van der Waals surface area contributed by atoms with Gasteiger partial charge in [-0.25, -0.2) is 0 Å². The Morgan fingerprint density at radius 3 is 1.12 bits per heavy atom. The van der Waals surface area contributed by atoms with Crippen LogP contribution < -0.4 is 15.6 Å². The molecule has 3 rings (SSSR count). The van der Waals surface area contributed by atoms with Crippen molar-refractivity contribution < 1.29 is 4.79 Å². The van der Waals surface area contributed by atoms with Gasteiger partial charge in [-0.1, -0.05) is 112 Å². The van der Waals surface area contributed by atoms with E-state index in [1.54, 1.807) is 0 Å². The van der Waals surface area contributed by atoms with Crippen molar-refractivity contribution in [3.63, 3.8) is 0 Å². The minimum absolute atomic E-state index is 0.337. The van der Waals surface area contributed by atoms with Crippen LogP contribution in [0.2, 0.25) is 0 Å². The summed E-state index contributed by atoms with van der Waals surface area (Å²) in [5.41, 5.74) is -0.423. The molecular weight excluding hydrogens is 320 g/mol. The molecule has 0 heterocycles. The molecule has 126 valence electrons. The first kappa shape index (κ1) is 17.4. The Bertz CT molecular complexity index is 737. The van der Waals surface area contributed by atoms with Gasteiger partial charge in [0, 0.05) is 5.41 Å². The Balaban J connectivity index is 2.43. The Morgan fingerprint density at radius 1 is 0.600 bits per heavy atom. The van der Waals surface area contributed by atoms with Crippen LogP contribution in [0.3, 0.4) is 0 Å². The second-order valence-electron chi connectivity index (χ2n) is 7.43. The van der Waals surface area contributed by atoms with Gasteiger partial charge >= 0.3 is 0 Å². The second-order valence-corrected chi connectivity index (χ2v) is 11.1. The summed E-state index contributed by atoms with van der Waals surface area (Å²) in [6, 6.07) is 31.0. The molecule has 0 saturated carbocycles. The quantitative estimate of drug-likeness (QED) is 0.524. The standard InChI is InChI=1S/C23H24OSi/c1-23(2,3)22(24)25(19-13-7-4-8-14-19,20-15-9-5-10-16-20)21-17-11-6-12-18-21/h4-18H,1-3H3. The van der Waals surface area contributed by atoms with E-state index in [1.807, 2.05) is 75.4 Å². The number of hydrogen-bond donors (Lipinski definition) is 0. The molecule has 0 aliphatic heterocycles. The van der Waals surface area contributed by atoms with E-state index >= 15 is 0 Å². The summed E-state index contributed by atoms with van der Waals surface area (Å²) in [7, 11) is -2.80. The van der Waals surface area contributed by atoms with Gasteiger partial charge in [0.05, 0.1) is 0 Å². The topological polar surface area (TPSA) is 17.1 Å². The lowest BCUT2D eigenvalue weighted by Gasteiger charge is -2.36. The van der Waals surface area contributed by atoms with E-state index in [-0.39, 0.29) is 0 Å². The van der Waals surface area contributed by atoms with Gasteiger partial charge in [-0.3, -0.25) is 0 Å². The van der Waals surface area contributed by atoms with Crippen LogP contribution in [0.15, 0.2) is 91.0 Å². The number of carbonyl (C=O) groups excluding carboxylic acids is 1. The highest BCUT2D eigenvalue weighted by Gasteiger charge is 2.50. The summed E-state index contributed by atoms with van der Waals surface area (Å²) in [5.74, 6) is 0. The molecule has 0 saturated heterocycles. The second kappa shape index (κ2) is 6.81. The third kappa shape index (κ3) is 3.10. The zero-order valence-electron chi connectivity index (χ0n) is 15.1. The van der Waals surface area contributed by atoms with Gasteiger partial charge in [-0.2, -0.15) is 0 Å². The molecule has 3 aromatic rings. The Hall–Kier alpha value is -2.45. The zero-order valence-corrected chi connectivity index (χ0v) is 16.1. The summed E-state index contributed by atoms with van der Waals surface area (Å²) in [4.78, 5) is 13.9. The first-order chi connectivity index (χ1) is 12.0. The molecule has 0 radical (unpaired) electrons. The molecule has 0 aliphatic carbocycles. The molecule has 25 heavy (non-hydrogen) atoms. The zero-order chi connectivity index (χ0) is 17.9. The lowest BCUT2D eigenvalue weighted by atomic mass is 9.99. The highest BCUT2D eigenvalue weighted by molar-refractivity contribution is 7.30. The van der Waals surface area contributed by atoms with Crippen LogP contribution in [0.4, 0.5) is 0 Å². The predicted octanol–water partition coefficient (Wildman–Crippen LogP) is 3.31. The molecule has 0 fully saturated rings. The minimum Gasteiger partial charge on any atom is -0.303 e. The fourth-order valence-electron chi connectivity index (χ4n) is 3.52. The smallest absolute Gasteiger partial charge is 0.224 e. The van der Waals surface area contributed by atoms with Crippen molar-refractivity contribution in [3.8, 4) is 0 Å². The summed E-state index contributed by atoms with van der Waals surface area (Å²) in [5, 5.41) is 3.77. The molecule has 0 aromatic heterocycles. The molecule has 0 bridgehead atoms. The van der Waals surface area contributed by atoms with Crippen LogP contribution in [-0.4, -0.2) is 13.5 Å². The molecular formula is C23H24OSi. The molecule has 2 heteroatoms. The summed E-state index contributed by atoms with van der Waals surface area (Å²) < 4.78 is 0. The highest BCUT2D eigenvalue weighted by Crippen LogP contribution is 2.23. The Kier molecular flexibility index (Phi) is 4.73. The summed E-state index contributed by atoms with van der Waals surface area (Å²) >= 11 is 0. The maximum atomic E-state index is 13.9. The fourth-order valence-corrected chi connectivity index (χ4v) is 8.51. The number of hydrogen-bond acceptors (Lipinski definition) is 1. The molecule has 0 amide bonds. The maximum Gasteiger partial charge on any atom is 0.224 e. The SMILES string of the molecule is CC(C)(C)C(=O)[Si](c1ccccc1)(c1ccccc1)c1ccccc1. The van der Waals surface area contributed by atoms with Crippen LogP contribution in [0.25, 0.3) is 0 Å². The molecule has 0 spiro atoms. The van der Waals surface area contributed by atoms with E-state index in [2.05, 4.69) is 36.4 Å². The third-order valence-corrected chi connectivity index (χ3v) is 9.67. The minimum atomic E-state index is -2.80. The third-order valence-electron chi connectivity index (χ3n) is 4.64. The lowest BCUT2D eigenvalue weighted by molar-refractivity contribution is -0.118. The van der Waals surface area contributed by atoms with Crippen LogP contribution in [0, 0.1) is 5.41 Å². The Labute approximate surface area is 151 Å². The van der Waals surface area contributed by atoms with Gasteiger partial charge in [0.25, 0.3) is 0 Å². The van der Waals surface area contributed by atoms with Crippen LogP contribution in [0.1, 0.15) is 20.8 Å². The van der Waals surface area contributed by atoms with E-state index < -0.39 is 13.5 Å². The average molecular weight is 345 g/mol. The molecule has 0 aliphatic rings. The van der Waals surface area contributed by atoms with Gasteiger partial charge in [-0.05, 0) is 15.6 Å². The van der Waals surface area contributed by atoms with Crippen LogP contribution >= 0.6 is 0 Å². The Morgan fingerprint density at radius 2 is 0.880 bits per heavy atom. The fraction of sp³-hybridized carbons (Fsp3) is 0.174. The van der Waals surface area contributed by atoms with E-state index in [4.69, 9.17) is 0 Å². The maximum absolute atomic E-state index is 13.9. The van der Waals surface area contributed by atoms with Gasteiger partial charge in [0.15, 0.2) is 0 Å². The molecule has 0 N–H and O–H groups in total. The van der Waals surface area contributed by atoms with E-state index in [0.29, 0.717) is 5.41 Å². The largest absolute Gasteiger partial charge is 0.303 e. The molecule has 1 nitrogen and oxygen atoms in total. The van der Waals surface area contributed by atoms with Gasteiger partial charge in [0.1, 0.15) is 5.41 Å². The van der Waals surface area contributed by atoms with Gasteiger partial charge in [0.2, 0.25) is 8.07 Å². The van der Waals surface area contributed by atoms with Crippen molar-refractivity contribution >= 4 is 29.0 Å². The van der Waals surface area contributed by atoms with Crippen molar-refractivity contribution in [3.05, 3.63) is 91.0 Å². The van der Waals surface area contributed by atoms with E-state index in [1.165, 1.54) is 0 Å². The van der Waals surface area contributed by atoms with Crippen molar-refractivity contribution in [2.75, 3.05) is 0 Å². The van der Waals surface area contributed by atoms with Crippen molar-refractivity contribution in [2.45, 2.75) is 20.8 Å². The normalized spacial score (nSPS) is 12.0. The molecule has 0 unspecified atom stereocenters.